The Labute approximate surface area is 387 Å². The first-order chi connectivity index (χ1) is 30.1. The number of hydrogen-bond donors (Lipinski definition) is 0. The summed E-state index contributed by atoms with van der Waals surface area (Å²) in [5.41, 5.74) is 0. The summed E-state index contributed by atoms with van der Waals surface area (Å²) >= 11 is 3.91. The van der Waals surface area contributed by atoms with Gasteiger partial charge >= 0.3 is 23.9 Å². The van der Waals surface area contributed by atoms with Crippen molar-refractivity contribution >= 4 is 47.4 Å². The Morgan fingerprint density at radius 1 is 0.452 bits per heavy atom. The molecule has 364 valence electrons. The number of ether oxygens (including phenoxy) is 6. The van der Waals surface area contributed by atoms with Crippen molar-refractivity contribution in [1.82, 2.24) is 0 Å². The van der Waals surface area contributed by atoms with E-state index in [1.807, 2.05) is 23.5 Å². The number of carbonyl (C=O) groups is 4. The largest absolute Gasteiger partial charge is 0.463 e. The maximum absolute atomic E-state index is 12.3. The van der Waals surface area contributed by atoms with Crippen molar-refractivity contribution in [3.05, 3.63) is 0 Å². The van der Waals surface area contributed by atoms with E-state index < -0.39 is 54.6 Å². The van der Waals surface area contributed by atoms with Gasteiger partial charge in [-0.05, 0) is 35.9 Å². The van der Waals surface area contributed by atoms with Crippen LogP contribution in [-0.4, -0.2) is 90.8 Å². The predicted molar refractivity (Wildman–Crippen MR) is 257 cm³/mol. The smallest absolute Gasteiger partial charge is 0.303 e. The summed E-state index contributed by atoms with van der Waals surface area (Å²) in [6, 6.07) is 0. The molecule has 0 N–H and O–H groups in total. The minimum absolute atomic E-state index is 0.190. The molecule has 1 heterocycles. The lowest BCUT2D eigenvalue weighted by atomic mass is 9.98. The van der Waals surface area contributed by atoms with Crippen molar-refractivity contribution in [1.29, 1.82) is 0 Å². The highest BCUT2D eigenvalue weighted by Crippen LogP contribution is 2.31. The third-order valence-corrected chi connectivity index (χ3v) is 14.0. The van der Waals surface area contributed by atoms with Gasteiger partial charge in [-0.25, -0.2) is 0 Å². The minimum Gasteiger partial charge on any atom is -0.463 e. The fourth-order valence-electron chi connectivity index (χ4n) is 8.00. The molecule has 1 aliphatic rings. The average molecular weight is 917 g/mol. The minimum atomic E-state index is -1.23. The quantitative estimate of drug-likeness (QED) is 0.0329. The van der Waals surface area contributed by atoms with Gasteiger partial charge in [0.1, 0.15) is 12.7 Å². The number of unbranched alkanes of at least 4 members (excludes halogenated alkanes) is 26. The van der Waals surface area contributed by atoms with Gasteiger partial charge in [-0.15, -0.1) is 0 Å². The summed E-state index contributed by atoms with van der Waals surface area (Å²) in [6.45, 7) is 9.56. The summed E-state index contributed by atoms with van der Waals surface area (Å²) in [4.78, 5) is 48.6. The first kappa shape index (κ1) is 58.5. The molecule has 0 aromatic rings. The summed E-state index contributed by atoms with van der Waals surface area (Å²) in [5.74, 6) is 1.71. The second-order valence-corrected chi connectivity index (χ2v) is 19.9. The number of carbonyl (C=O) groups excluding carboxylic acids is 4. The lowest BCUT2D eigenvalue weighted by Gasteiger charge is -2.44. The molecular formula is C50H92O10S2. The lowest BCUT2D eigenvalue weighted by Crippen LogP contribution is -2.63. The monoisotopic (exact) mass is 917 g/mol. The van der Waals surface area contributed by atoms with E-state index in [-0.39, 0.29) is 12.5 Å². The lowest BCUT2D eigenvalue weighted by molar-refractivity contribution is -0.309. The fourth-order valence-corrected chi connectivity index (χ4v) is 10.4. The molecule has 0 aromatic carbocycles. The van der Waals surface area contributed by atoms with Crippen LogP contribution in [0.1, 0.15) is 221 Å². The van der Waals surface area contributed by atoms with Crippen molar-refractivity contribution < 1.29 is 47.6 Å². The summed E-state index contributed by atoms with van der Waals surface area (Å²) in [6.07, 6.45) is 31.9. The first-order valence-corrected chi connectivity index (χ1v) is 27.5. The maximum Gasteiger partial charge on any atom is 0.303 e. The molecule has 5 atom stereocenters. The Morgan fingerprint density at radius 3 is 1.15 bits per heavy atom. The second kappa shape index (κ2) is 41.0. The van der Waals surface area contributed by atoms with Gasteiger partial charge in [0.2, 0.25) is 0 Å². The molecule has 1 saturated heterocycles. The van der Waals surface area contributed by atoms with Gasteiger partial charge in [0.25, 0.3) is 0 Å². The number of rotatable bonds is 42. The highest BCUT2D eigenvalue weighted by atomic mass is 32.2. The van der Waals surface area contributed by atoms with Gasteiger partial charge in [-0.3, -0.25) is 19.2 Å². The van der Waals surface area contributed by atoms with Crippen LogP contribution in [0.3, 0.4) is 0 Å². The molecule has 12 heteroatoms. The fraction of sp³-hybridized carbons (Fsp3) is 0.920. The van der Waals surface area contributed by atoms with E-state index in [4.69, 9.17) is 28.4 Å². The predicted octanol–water partition coefficient (Wildman–Crippen LogP) is 13.1. The van der Waals surface area contributed by atoms with Gasteiger partial charge in [0, 0.05) is 33.6 Å². The van der Waals surface area contributed by atoms with Gasteiger partial charge in [-0.2, -0.15) is 23.5 Å². The van der Waals surface area contributed by atoms with Gasteiger partial charge < -0.3 is 28.4 Å². The zero-order valence-corrected chi connectivity index (χ0v) is 42.0. The molecule has 1 fully saturated rings. The molecule has 0 aliphatic carbocycles. The zero-order chi connectivity index (χ0) is 45.5. The van der Waals surface area contributed by atoms with E-state index in [2.05, 4.69) is 13.8 Å². The first-order valence-electron chi connectivity index (χ1n) is 25.2. The molecule has 1 aliphatic heterocycles. The number of thioether (sulfide) groups is 2. The molecule has 0 radical (unpaired) electrons. The second-order valence-electron chi connectivity index (χ2n) is 17.6. The SMILES string of the molecule is CCCCCCCCCCCCCCCCSCC(CO[C@@H]1O[C@H](COC(C)=O)[C@H](OC(C)=O)[C@H](OC(C)=O)[C@H]1OC(C)=O)CSCCCCCCCCCCCCCCCC. The average Bonchev–Trinajstić information content (AvgIpc) is 3.22. The molecule has 0 spiro atoms. The zero-order valence-electron chi connectivity index (χ0n) is 40.4. The van der Waals surface area contributed by atoms with Crippen molar-refractivity contribution in [2.45, 2.75) is 252 Å². The van der Waals surface area contributed by atoms with E-state index in [0.717, 1.165) is 23.0 Å². The van der Waals surface area contributed by atoms with Crippen LogP contribution in [0, 0.1) is 5.92 Å². The Balaban J connectivity index is 2.70. The van der Waals surface area contributed by atoms with E-state index in [1.54, 1.807) is 0 Å². The molecule has 0 saturated carbocycles. The summed E-state index contributed by atoms with van der Waals surface area (Å²) < 4.78 is 34.7. The molecular weight excluding hydrogens is 825 g/mol. The van der Waals surface area contributed by atoms with E-state index in [9.17, 15) is 19.2 Å². The maximum atomic E-state index is 12.3. The number of hydrogen-bond acceptors (Lipinski definition) is 12. The molecule has 62 heavy (non-hydrogen) atoms. The highest BCUT2D eigenvalue weighted by Gasteiger charge is 2.52. The molecule has 1 rings (SSSR count). The van der Waals surface area contributed by atoms with Gasteiger partial charge in [0.15, 0.2) is 24.6 Å². The Bertz CT molecular complexity index is 1070. The van der Waals surface area contributed by atoms with Crippen LogP contribution in [0.25, 0.3) is 0 Å². The standard InChI is InChI=1S/C50H92O10S2/c1-7-9-11-13-15-17-19-21-23-25-27-29-31-33-35-61-39-45(40-62-36-34-32-30-28-26-24-22-20-18-16-14-12-10-8-2)37-56-50-49(59-44(6)54)48(58-43(5)53)47(57-42(4)52)46(60-50)38-55-41(3)51/h45-50H,7-40H2,1-6H3/t46-,47+,48+,49-,50-/m1/s1. The molecule has 0 bridgehead atoms. The van der Waals surface area contributed by atoms with Crippen LogP contribution < -0.4 is 0 Å². The van der Waals surface area contributed by atoms with Crippen molar-refractivity contribution in [3.8, 4) is 0 Å². The van der Waals surface area contributed by atoms with Crippen LogP contribution in [0.2, 0.25) is 0 Å². The Hall–Kier alpha value is -1.50. The van der Waals surface area contributed by atoms with Crippen molar-refractivity contribution in [2.24, 2.45) is 5.92 Å². The van der Waals surface area contributed by atoms with Crippen LogP contribution in [0.5, 0.6) is 0 Å². The van der Waals surface area contributed by atoms with E-state index in [1.165, 1.54) is 207 Å². The summed E-state index contributed by atoms with van der Waals surface area (Å²) in [7, 11) is 0. The third-order valence-electron chi connectivity index (χ3n) is 11.4. The van der Waals surface area contributed by atoms with E-state index in [0.29, 0.717) is 6.61 Å². The Morgan fingerprint density at radius 2 is 0.790 bits per heavy atom. The molecule has 0 amide bonds. The molecule has 10 nitrogen and oxygen atoms in total. The number of esters is 4. The third kappa shape index (κ3) is 33.0. The molecule has 0 unspecified atom stereocenters. The van der Waals surface area contributed by atoms with Crippen molar-refractivity contribution in [3.63, 3.8) is 0 Å². The molecule has 0 aromatic heterocycles. The van der Waals surface area contributed by atoms with Gasteiger partial charge in [-0.1, -0.05) is 181 Å². The van der Waals surface area contributed by atoms with E-state index >= 15 is 0 Å². The van der Waals surface area contributed by atoms with Crippen LogP contribution in [-0.2, 0) is 47.6 Å². The normalized spacial score (nSPS) is 18.8. The highest BCUT2D eigenvalue weighted by molar-refractivity contribution is 8.00. The van der Waals surface area contributed by atoms with Crippen molar-refractivity contribution in [2.75, 3.05) is 36.2 Å². The summed E-state index contributed by atoms with van der Waals surface area (Å²) in [5, 5.41) is 0. The topological polar surface area (TPSA) is 124 Å². The van der Waals surface area contributed by atoms with Gasteiger partial charge in [0.05, 0.1) is 6.61 Å². The van der Waals surface area contributed by atoms with Crippen LogP contribution >= 0.6 is 23.5 Å². The van der Waals surface area contributed by atoms with Crippen LogP contribution in [0.15, 0.2) is 0 Å². The Kier molecular flexibility index (Phi) is 38.7. The van der Waals surface area contributed by atoms with Crippen LogP contribution in [0.4, 0.5) is 0 Å².